The molecule has 1 atom stereocenters. The highest BCUT2D eigenvalue weighted by molar-refractivity contribution is 5.79. The SMILES string of the molecule is CCc1ccc(C(NN)c2ccc3nc(C)ccc3c2)o1. The first-order valence-electron chi connectivity index (χ1n) is 7.13. The number of nitrogens with one attached hydrogen (secondary N) is 1. The molecule has 4 nitrogen and oxygen atoms in total. The van der Waals surface area contributed by atoms with Gasteiger partial charge < -0.3 is 4.42 Å². The van der Waals surface area contributed by atoms with Crippen LogP contribution >= 0.6 is 0 Å². The standard InChI is InChI=1S/C17H19N3O/c1-3-14-7-9-16(21-14)17(20-18)13-6-8-15-12(10-13)5-4-11(2)19-15/h4-10,17,20H,3,18H2,1-2H3. The van der Waals surface area contributed by atoms with E-state index in [1.165, 1.54) is 0 Å². The van der Waals surface area contributed by atoms with Crippen LogP contribution in [0.5, 0.6) is 0 Å². The second-order valence-corrected chi connectivity index (χ2v) is 5.16. The van der Waals surface area contributed by atoms with Crippen molar-refractivity contribution in [3.05, 3.63) is 65.2 Å². The summed E-state index contributed by atoms with van der Waals surface area (Å²) in [6.07, 6.45) is 0.873. The summed E-state index contributed by atoms with van der Waals surface area (Å²) in [5.41, 5.74) is 5.90. The highest BCUT2D eigenvalue weighted by Gasteiger charge is 2.16. The van der Waals surface area contributed by atoms with E-state index in [0.717, 1.165) is 40.1 Å². The van der Waals surface area contributed by atoms with Crippen LogP contribution in [-0.4, -0.2) is 4.98 Å². The van der Waals surface area contributed by atoms with Gasteiger partial charge in [0.15, 0.2) is 0 Å². The van der Waals surface area contributed by atoms with Crippen LogP contribution in [0.15, 0.2) is 46.9 Å². The topological polar surface area (TPSA) is 64.1 Å². The fraction of sp³-hybridized carbons (Fsp3) is 0.235. The van der Waals surface area contributed by atoms with Gasteiger partial charge in [0.2, 0.25) is 0 Å². The third-order valence-electron chi connectivity index (χ3n) is 3.67. The lowest BCUT2D eigenvalue weighted by Gasteiger charge is -2.14. The fourth-order valence-corrected chi connectivity index (χ4v) is 2.51. The molecule has 0 aliphatic carbocycles. The van der Waals surface area contributed by atoms with Gasteiger partial charge in [-0.3, -0.25) is 10.8 Å². The number of hydrazine groups is 1. The number of nitrogens with zero attached hydrogens (tertiary/aromatic N) is 1. The Morgan fingerprint density at radius 1 is 1.19 bits per heavy atom. The summed E-state index contributed by atoms with van der Waals surface area (Å²) in [6, 6.07) is 14.1. The average Bonchev–Trinajstić information content (AvgIpc) is 2.97. The van der Waals surface area contributed by atoms with E-state index in [1.54, 1.807) is 0 Å². The quantitative estimate of drug-likeness (QED) is 0.569. The highest BCUT2D eigenvalue weighted by Crippen LogP contribution is 2.26. The van der Waals surface area contributed by atoms with Crippen molar-refractivity contribution in [1.82, 2.24) is 10.4 Å². The Kier molecular flexibility index (Phi) is 3.73. The summed E-state index contributed by atoms with van der Waals surface area (Å²) >= 11 is 0. The van der Waals surface area contributed by atoms with Crippen molar-refractivity contribution in [2.75, 3.05) is 0 Å². The Morgan fingerprint density at radius 3 is 2.76 bits per heavy atom. The van der Waals surface area contributed by atoms with Crippen LogP contribution < -0.4 is 11.3 Å². The van der Waals surface area contributed by atoms with Crippen LogP contribution in [0.3, 0.4) is 0 Å². The molecule has 0 radical (unpaired) electrons. The summed E-state index contributed by atoms with van der Waals surface area (Å²) in [4.78, 5) is 4.52. The lowest BCUT2D eigenvalue weighted by atomic mass is 10.0. The molecule has 1 unspecified atom stereocenters. The molecule has 0 saturated heterocycles. The number of rotatable bonds is 4. The second kappa shape index (κ2) is 5.68. The van der Waals surface area contributed by atoms with E-state index in [9.17, 15) is 0 Å². The van der Waals surface area contributed by atoms with E-state index < -0.39 is 0 Å². The molecule has 0 aliphatic rings. The van der Waals surface area contributed by atoms with E-state index in [2.05, 4.69) is 29.5 Å². The summed E-state index contributed by atoms with van der Waals surface area (Å²) < 4.78 is 5.81. The molecule has 3 N–H and O–H groups in total. The first-order valence-corrected chi connectivity index (χ1v) is 7.13. The zero-order chi connectivity index (χ0) is 14.8. The number of furan rings is 1. The molecule has 3 aromatic rings. The van der Waals surface area contributed by atoms with Gasteiger partial charge in [-0.25, -0.2) is 5.43 Å². The minimum absolute atomic E-state index is 0.156. The van der Waals surface area contributed by atoms with E-state index >= 15 is 0 Å². The van der Waals surface area contributed by atoms with Crippen molar-refractivity contribution in [2.24, 2.45) is 5.84 Å². The zero-order valence-corrected chi connectivity index (χ0v) is 12.3. The van der Waals surface area contributed by atoms with Crippen molar-refractivity contribution >= 4 is 10.9 Å². The first-order chi connectivity index (χ1) is 10.2. The van der Waals surface area contributed by atoms with Crippen LogP contribution in [0.2, 0.25) is 0 Å². The van der Waals surface area contributed by atoms with Crippen molar-refractivity contribution in [2.45, 2.75) is 26.3 Å². The van der Waals surface area contributed by atoms with E-state index in [4.69, 9.17) is 10.3 Å². The summed E-state index contributed by atoms with van der Waals surface area (Å²) in [5.74, 6) is 7.52. The van der Waals surface area contributed by atoms with Crippen LogP contribution in [0, 0.1) is 6.92 Å². The molecular formula is C17H19N3O. The smallest absolute Gasteiger partial charge is 0.126 e. The van der Waals surface area contributed by atoms with E-state index in [1.807, 2.05) is 37.3 Å². The molecule has 2 aromatic heterocycles. The highest BCUT2D eigenvalue weighted by atomic mass is 16.3. The van der Waals surface area contributed by atoms with Crippen LogP contribution in [0.1, 0.15) is 35.7 Å². The van der Waals surface area contributed by atoms with E-state index in [-0.39, 0.29) is 6.04 Å². The number of hydrogen-bond acceptors (Lipinski definition) is 4. The molecule has 0 fully saturated rings. The van der Waals surface area contributed by atoms with Gasteiger partial charge in [0.25, 0.3) is 0 Å². The van der Waals surface area contributed by atoms with Gasteiger partial charge in [-0.1, -0.05) is 19.1 Å². The Labute approximate surface area is 124 Å². The number of aromatic nitrogens is 1. The van der Waals surface area contributed by atoms with Gasteiger partial charge in [-0.2, -0.15) is 0 Å². The molecule has 0 aliphatic heterocycles. The molecule has 0 amide bonds. The third kappa shape index (κ3) is 2.68. The van der Waals surface area contributed by atoms with Gasteiger partial charge in [-0.15, -0.1) is 0 Å². The number of pyridine rings is 1. The molecule has 3 rings (SSSR count). The zero-order valence-electron chi connectivity index (χ0n) is 12.3. The maximum absolute atomic E-state index is 5.81. The number of nitrogens with two attached hydrogens (primary N) is 1. The minimum atomic E-state index is -0.156. The predicted molar refractivity (Wildman–Crippen MR) is 83.7 cm³/mol. The maximum Gasteiger partial charge on any atom is 0.126 e. The molecule has 2 heterocycles. The Balaban J connectivity index is 2.02. The lowest BCUT2D eigenvalue weighted by Crippen LogP contribution is -2.28. The third-order valence-corrected chi connectivity index (χ3v) is 3.67. The largest absolute Gasteiger partial charge is 0.464 e. The molecule has 0 bridgehead atoms. The second-order valence-electron chi connectivity index (χ2n) is 5.16. The average molecular weight is 281 g/mol. The number of benzene rings is 1. The molecule has 0 saturated carbocycles. The van der Waals surface area contributed by atoms with Crippen molar-refractivity contribution in [1.29, 1.82) is 0 Å². The van der Waals surface area contributed by atoms with Crippen molar-refractivity contribution in [3.8, 4) is 0 Å². The molecule has 4 heteroatoms. The first kappa shape index (κ1) is 13.8. The molecule has 108 valence electrons. The van der Waals surface area contributed by atoms with Gasteiger partial charge >= 0.3 is 0 Å². The van der Waals surface area contributed by atoms with Crippen LogP contribution in [0.4, 0.5) is 0 Å². The summed E-state index contributed by atoms with van der Waals surface area (Å²) in [7, 11) is 0. The van der Waals surface area contributed by atoms with Gasteiger partial charge in [0, 0.05) is 17.5 Å². The van der Waals surface area contributed by atoms with Crippen molar-refractivity contribution in [3.63, 3.8) is 0 Å². The molecular weight excluding hydrogens is 262 g/mol. The predicted octanol–water partition coefficient (Wildman–Crippen LogP) is 3.25. The maximum atomic E-state index is 5.81. The van der Waals surface area contributed by atoms with Gasteiger partial charge in [0.05, 0.1) is 5.52 Å². The van der Waals surface area contributed by atoms with Gasteiger partial charge in [0.1, 0.15) is 17.6 Å². The number of aryl methyl sites for hydroxylation is 2. The Morgan fingerprint density at radius 2 is 2.05 bits per heavy atom. The molecule has 1 aromatic carbocycles. The van der Waals surface area contributed by atoms with Crippen LogP contribution in [0.25, 0.3) is 10.9 Å². The molecule has 0 spiro atoms. The minimum Gasteiger partial charge on any atom is -0.464 e. The van der Waals surface area contributed by atoms with Crippen molar-refractivity contribution < 1.29 is 4.42 Å². The number of hydrogen-bond donors (Lipinski definition) is 2. The number of fused-ring (bicyclic) bond motifs is 1. The Bertz CT molecular complexity index is 764. The summed E-state index contributed by atoms with van der Waals surface area (Å²) in [6.45, 7) is 4.06. The monoisotopic (exact) mass is 281 g/mol. The Hall–Kier alpha value is -2.17. The van der Waals surface area contributed by atoms with E-state index in [0.29, 0.717) is 0 Å². The normalized spacial score (nSPS) is 12.7. The van der Waals surface area contributed by atoms with Gasteiger partial charge in [-0.05, 0) is 42.8 Å². The lowest BCUT2D eigenvalue weighted by molar-refractivity contribution is 0.426. The fourth-order valence-electron chi connectivity index (χ4n) is 2.51. The molecule has 21 heavy (non-hydrogen) atoms. The summed E-state index contributed by atoms with van der Waals surface area (Å²) in [5, 5.41) is 1.10. The van der Waals surface area contributed by atoms with Crippen LogP contribution in [-0.2, 0) is 6.42 Å².